The van der Waals surface area contributed by atoms with Crippen LogP contribution in [0.5, 0.6) is 0 Å². The van der Waals surface area contributed by atoms with Gasteiger partial charge in [-0.2, -0.15) is 5.26 Å². The fraction of sp³-hybridized carbons (Fsp3) is 0.182. The van der Waals surface area contributed by atoms with Crippen LogP contribution in [-0.2, 0) is 19.1 Å². The van der Waals surface area contributed by atoms with Crippen LogP contribution in [0.25, 0.3) is 0 Å². The van der Waals surface area contributed by atoms with Crippen LogP contribution in [-0.4, -0.2) is 30.6 Å². The number of hydrogen-bond donors (Lipinski definition) is 2. The number of esters is 1. The summed E-state index contributed by atoms with van der Waals surface area (Å²) in [5, 5.41) is 15.2. The molecule has 2 aromatic carbocycles. The lowest BCUT2D eigenvalue weighted by Gasteiger charge is -2.31. The Morgan fingerprint density at radius 2 is 2.00 bits per heavy atom. The number of thioether (sulfide) groups is 1. The lowest BCUT2D eigenvalue weighted by atomic mass is 9.78. The second-order valence-electron chi connectivity index (χ2n) is 6.72. The average Bonchev–Trinajstić information content (AvgIpc) is 2.78. The molecule has 0 spiro atoms. The largest absolute Gasteiger partial charge is 0.468 e. The van der Waals surface area contributed by atoms with Gasteiger partial charge in [-0.3, -0.25) is 14.4 Å². The second-order valence-corrected chi connectivity index (χ2v) is 8.62. The number of halogens is 2. The van der Waals surface area contributed by atoms with E-state index in [9.17, 15) is 24.0 Å². The van der Waals surface area contributed by atoms with Crippen LogP contribution in [0.4, 0.5) is 10.1 Å². The Morgan fingerprint density at radius 3 is 2.62 bits per heavy atom. The Bertz CT molecular complexity index is 1130. The first kappa shape index (κ1) is 23.5. The van der Waals surface area contributed by atoms with Gasteiger partial charge in [-0.15, -0.1) is 0 Å². The van der Waals surface area contributed by atoms with Gasteiger partial charge in [0.05, 0.1) is 29.5 Å². The molecule has 0 aromatic heterocycles. The summed E-state index contributed by atoms with van der Waals surface area (Å²) in [5.74, 6) is -4.46. The number of methoxy groups -OCH3 is 1. The van der Waals surface area contributed by atoms with E-state index in [1.54, 1.807) is 24.3 Å². The number of nitriles is 1. The number of hydrogen-bond acceptors (Lipinski definition) is 6. The van der Waals surface area contributed by atoms with E-state index in [0.29, 0.717) is 11.3 Å². The van der Waals surface area contributed by atoms with E-state index in [4.69, 9.17) is 4.74 Å². The van der Waals surface area contributed by atoms with E-state index in [2.05, 4.69) is 32.6 Å². The van der Waals surface area contributed by atoms with Gasteiger partial charge in [0.25, 0.3) is 0 Å². The fourth-order valence-corrected chi connectivity index (χ4v) is 4.51. The zero-order valence-electron chi connectivity index (χ0n) is 16.7. The van der Waals surface area contributed by atoms with Crippen molar-refractivity contribution in [3.05, 3.63) is 75.0 Å². The van der Waals surface area contributed by atoms with E-state index >= 15 is 0 Å². The lowest BCUT2D eigenvalue weighted by molar-refractivity contribution is -0.150. The highest BCUT2D eigenvalue weighted by atomic mass is 79.9. The standard InChI is InChI=1S/C22H17BrFN3O4S/c1-31-22(30)19-18(12-3-2-4-13(23)9-12)16(10-25)21(27-20(19)29)32-11-17(28)26-15-7-5-14(24)6-8-15/h2-9,18-19H,11H2,1H3,(H,26,28)(H,27,29)/t18-,19+/m1/s1. The van der Waals surface area contributed by atoms with Gasteiger partial charge in [-0.25, -0.2) is 4.39 Å². The van der Waals surface area contributed by atoms with Crippen molar-refractivity contribution in [3.63, 3.8) is 0 Å². The maximum absolute atomic E-state index is 13.0. The van der Waals surface area contributed by atoms with Crippen LogP contribution in [0.1, 0.15) is 11.5 Å². The number of nitrogens with one attached hydrogen (secondary N) is 2. The minimum Gasteiger partial charge on any atom is -0.468 e. The van der Waals surface area contributed by atoms with Crippen LogP contribution in [0.3, 0.4) is 0 Å². The number of allylic oxidation sites excluding steroid dienone is 1. The maximum Gasteiger partial charge on any atom is 0.319 e. The Kier molecular flexibility index (Phi) is 7.66. The quantitative estimate of drug-likeness (QED) is 0.446. The molecule has 0 saturated heterocycles. The molecule has 0 unspecified atom stereocenters. The second kappa shape index (κ2) is 10.4. The highest BCUT2D eigenvalue weighted by molar-refractivity contribution is 9.10. The molecule has 1 heterocycles. The number of rotatable bonds is 6. The van der Waals surface area contributed by atoms with Crippen LogP contribution in [0.2, 0.25) is 0 Å². The number of ether oxygens (including phenoxy) is 1. The van der Waals surface area contributed by atoms with E-state index in [-0.39, 0.29) is 16.4 Å². The maximum atomic E-state index is 13.0. The fourth-order valence-electron chi connectivity index (χ4n) is 3.25. The molecule has 10 heteroatoms. The molecular formula is C22H17BrFN3O4S. The van der Waals surface area contributed by atoms with Crippen molar-refractivity contribution in [2.75, 3.05) is 18.2 Å². The summed E-state index contributed by atoms with van der Waals surface area (Å²) in [6.45, 7) is 0. The van der Waals surface area contributed by atoms with Crippen molar-refractivity contribution < 1.29 is 23.5 Å². The van der Waals surface area contributed by atoms with Gasteiger partial charge in [-0.1, -0.05) is 39.8 Å². The molecule has 7 nitrogen and oxygen atoms in total. The van der Waals surface area contributed by atoms with Crippen molar-refractivity contribution in [2.45, 2.75) is 5.92 Å². The summed E-state index contributed by atoms with van der Waals surface area (Å²) in [6.07, 6.45) is 0. The lowest BCUT2D eigenvalue weighted by Crippen LogP contribution is -2.44. The van der Waals surface area contributed by atoms with Crippen LogP contribution < -0.4 is 10.6 Å². The van der Waals surface area contributed by atoms with Crippen molar-refractivity contribution in [3.8, 4) is 6.07 Å². The first-order chi connectivity index (χ1) is 15.3. The molecule has 1 aliphatic rings. The van der Waals surface area contributed by atoms with Crippen molar-refractivity contribution in [2.24, 2.45) is 5.92 Å². The van der Waals surface area contributed by atoms with E-state index in [1.807, 2.05) is 0 Å². The summed E-state index contributed by atoms with van der Waals surface area (Å²) >= 11 is 4.33. The van der Waals surface area contributed by atoms with Gasteiger partial charge in [0.2, 0.25) is 11.8 Å². The molecule has 0 bridgehead atoms. The van der Waals surface area contributed by atoms with Crippen LogP contribution in [0, 0.1) is 23.1 Å². The van der Waals surface area contributed by atoms with E-state index in [1.165, 1.54) is 31.4 Å². The molecule has 32 heavy (non-hydrogen) atoms. The Labute approximate surface area is 196 Å². The summed E-state index contributed by atoms with van der Waals surface area (Å²) in [4.78, 5) is 37.5. The summed E-state index contributed by atoms with van der Waals surface area (Å²) in [7, 11) is 1.17. The third-order valence-corrected chi connectivity index (χ3v) is 6.18. The third kappa shape index (κ3) is 5.36. The number of benzene rings is 2. The molecule has 164 valence electrons. The first-order valence-electron chi connectivity index (χ1n) is 9.30. The number of anilines is 1. The van der Waals surface area contributed by atoms with Crippen LogP contribution in [0.15, 0.2) is 63.6 Å². The number of amides is 2. The summed E-state index contributed by atoms with van der Waals surface area (Å²) in [6, 6.07) is 14.3. The van der Waals surface area contributed by atoms with Gasteiger partial charge in [0.1, 0.15) is 11.7 Å². The molecular weight excluding hydrogens is 501 g/mol. The number of nitrogens with zero attached hydrogens (tertiary/aromatic N) is 1. The molecule has 2 N–H and O–H groups in total. The molecule has 3 rings (SSSR count). The molecule has 0 fully saturated rings. The highest BCUT2D eigenvalue weighted by Gasteiger charge is 2.44. The summed E-state index contributed by atoms with van der Waals surface area (Å²) < 4.78 is 18.5. The Hall–Kier alpha value is -3.16. The Morgan fingerprint density at radius 1 is 1.28 bits per heavy atom. The van der Waals surface area contributed by atoms with Gasteiger partial charge < -0.3 is 15.4 Å². The van der Waals surface area contributed by atoms with Gasteiger partial charge >= 0.3 is 5.97 Å². The third-order valence-electron chi connectivity index (χ3n) is 4.67. The molecule has 2 atom stereocenters. The summed E-state index contributed by atoms with van der Waals surface area (Å²) in [5.41, 5.74) is 1.14. The molecule has 0 aliphatic carbocycles. The van der Waals surface area contributed by atoms with Gasteiger partial charge in [-0.05, 0) is 42.0 Å². The Balaban J connectivity index is 1.88. The molecule has 2 aromatic rings. The molecule has 0 saturated carbocycles. The number of carbonyl (C=O) groups excluding carboxylic acids is 3. The predicted octanol–water partition coefficient (Wildman–Crippen LogP) is 3.70. The van der Waals surface area contributed by atoms with Gasteiger partial charge in [0, 0.05) is 16.1 Å². The van der Waals surface area contributed by atoms with Crippen molar-refractivity contribution >= 4 is 51.2 Å². The minimum atomic E-state index is -1.25. The van der Waals surface area contributed by atoms with Crippen molar-refractivity contribution in [1.29, 1.82) is 5.26 Å². The average molecular weight is 518 g/mol. The van der Waals surface area contributed by atoms with E-state index < -0.39 is 35.4 Å². The molecule has 1 aliphatic heterocycles. The topological polar surface area (TPSA) is 108 Å². The van der Waals surface area contributed by atoms with Crippen LogP contribution >= 0.6 is 27.7 Å². The SMILES string of the molecule is COC(=O)[C@@H]1C(=O)NC(SCC(=O)Nc2ccc(F)cc2)=C(C#N)[C@H]1c1cccc(Br)c1. The minimum absolute atomic E-state index is 0.119. The smallest absolute Gasteiger partial charge is 0.319 e. The monoisotopic (exact) mass is 517 g/mol. The highest BCUT2D eigenvalue weighted by Crippen LogP contribution is 2.40. The first-order valence-corrected chi connectivity index (χ1v) is 11.1. The zero-order chi connectivity index (χ0) is 23.3. The predicted molar refractivity (Wildman–Crippen MR) is 121 cm³/mol. The molecule has 2 amide bonds. The molecule has 0 radical (unpaired) electrons. The normalized spacial score (nSPS) is 17.9. The van der Waals surface area contributed by atoms with E-state index in [0.717, 1.165) is 16.2 Å². The zero-order valence-corrected chi connectivity index (χ0v) is 19.1. The number of carbonyl (C=O) groups is 3. The van der Waals surface area contributed by atoms with Crippen molar-refractivity contribution in [1.82, 2.24) is 5.32 Å². The van der Waals surface area contributed by atoms with Gasteiger partial charge in [0.15, 0.2) is 0 Å².